The summed E-state index contributed by atoms with van der Waals surface area (Å²) in [6, 6.07) is 5.99. The molecule has 1 N–H and O–H groups in total. The number of hydrogen-bond donors (Lipinski definition) is 1. The standard InChI is InChI=1S/C7H8O3S.C2H5.Mg/c1-6-2-4-7(5-3-6)11(8,9)10;1-2;/h2-5H,1H3,(H,8,9,10);1H2,2H3;/q;-1;+2. The predicted octanol–water partition coefficient (Wildman–Crippen LogP) is 1.70. The third-order valence-electron chi connectivity index (χ3n) is 1.32. The fourth-order valence-corrected chi connectivity index (χ4v) is 1.19. The summed E-state index contributed by atoms with van der Waals surface area (Å²) in [5.74, 6) is 0. The molecular formula is C9H13MgO3S+. The van der Waals surface area contributed by atoms with Gasteiger partial charge in [-0.25, -0.2) is 0 Å². The third-order valence-corrected chi connectivity index (χ3v) is 2.19. The van der Waals surface area contributed by atoms with Gasteiger partial charge in [0.25, 0.3) is 10.1 Å². The Kier molecular flexibility index (Phi) is 8.42. The monoisotopic (exact) mass is 225 g/mol. The summed E-state index contributed by atoms with van der Waals surface area (Å²) < 4.78 is 29.6. The van der Waals surface area contributed by atoms with Gasteiger partial charge in [-0.2, -0.15) is 15.3 Å². The maximum absolute atomic E-state index is 10.5. The van der Waals surface area contributed by atoms with E-state index in [9.17, 15) is 8.42 Å². The first kappa shape index (κ1) is 16.3. The Morgan fingerprint density at radius 1 is 1.14 bits per heavy atom. The summed E-state index contributed by atoms with van der Waals surface area (Å²) in [5.41, 5.74) is 0.956. The van der Waals surface area contributed by atoms with Gasteiger partial charge in [-0.1, -0.05) is 17.7 Å². The van der Waals surface area contributed by atoms with Crippen molar-refractivity contribution in [2.24, 2.45) is 0 Å². The molecule has 74 valence electrons. The topological polar surface area (TPSA) is 54.4 Å². The normalized spacial score (nSPS) is 9.43. The minimum absolute atomic E-state index is 0. The molecule has 0 bridgehead atoms. The Hall–Kier alpha value is -0.104. The molecule has 14 heavy (non-hydrogen) atoms. The first-order chi connectivity index (χ1) is 6.00. The van der Waals surface area contributed by atoms with Gasteiger partial charge >= 0.3 is 23.1 Å². The summed E-state index contributed by atoms with van der Waals surface area (Å²) >= 11 is 0. The van der Waals surface area contributed by atoms with E-state index in [2.05, 4.69) is 6.92 Å². The molecule has 0 aromatic heterocycles. The molecule has 0 atom stereocenters. The summed E-state index contributed by atoms with van der Waals surface area (Å²) in [7, 11) is -4.02. The fraction of sp³-hybridized carbons (Fsp3) is 0.222. The Morgan fingerprint density at radius 3 is 1.79 bits per heavy atom. The molecule has 0 saturated heterocycles. The van der Waals surface area contributed by atoms with Crippen LogP contribution < -0.4 is 0 Å². The van der Waals surface area contributed by atoms with E-state index < -0.39 is 10.1 Å². The van der Waals surface area contributed by atoms with E-state index >= 15 is 0 Å². The van der Waals surface area contributed by atoms with E-state index in [0.29, 0.717) is 0 Å². The molecule has 0 saturated carbocycles. The van der Waals surface area contributed by atoms with E-state index in [1.165, 1.54) is 12.1 Å². The van der Waals surface area contributed by atoms with E-state index in [0.717, 1.165) is 5.56 Å². The molecule has 0 amide bonds. The van der Waals surface area contributed by atoms with Gasteiger partial charge in [-0.3, -0.25) is 4.55 Å². The van der Waals surface area contributed by atoms with Crippen LogP contribution in [0.5, 0.6) is 0 Å². The van der Waals surface area contributed by atoms with Crippen LogP contribution in [0.2, 0.25) is 0 Å². The minimum Gasteiger partial charge on any atom is -0.346 e. The zero-order chi connectivity index (χ0) is 10.5. The molecule has 0 spiro atoms. The second-order valence-electron chi connectivity index (χ2n) is 2.29. The van der Waals surface area contributed by atoms with Crippen LogP contribution in [-0.4, -0.2) is 36.0 Å². The van der Waals surface area contributed by atoms with Crippen LogP contribution in [0, 0.1) is 13.8 Å². The molecule has 0 radical (unpaired) electrons. The summed E-state index contributed by atoms with van der Waals surface area (Å²) in [4.78, 5) is -0.0666. The summed E-state index contributed by atoms with van der Waals surface area (Å²) in [6.07, 6.45) is 0. The molecule has 3 nitrogen and oxygen atoms in total. The van der Waals surface area contributed by atoms with Crippen LogP contribution in [0.4, 0.5) is 0 Å². The zero-order valence-corrected chi connectivity index (χ0v) is 10.6. The van der Waals surface area contributed by atoms with Gasteiger partial charge in [-0.05, 0) is 19.1 Å². The Balaban J connectivity index is 0. The van der Waals surface area contributed by atoms with E-state index in [1.54, 1.807) is 19.1 Å². The number of aryl methyl sites for hydroxylation is 1. The van der Waals surface area contributed by atoms with Gasteiger partial charge in [-0.15, -0.1) is 0 Å². The Morgan fingerprint density at radius 2 is 1.50 bits per heavy atom. The SMILES string of the molecule is Cc1ccc(S(=O)(=O)O)cc1.[CH2-]C.[Mg+2]. The van der Waals surface area contributed by atoms with Crippen LogP contribution in [0.1, 0.15) is 12.5 Å². The Labute approximate surface area is 101 Å². The molecule has 0 aliphatic rings. The second kappa shape index (κ2) is 7.22. The van der Waals surface area contributed by atoms with Crippen molar-refractivity contribution in [2.75, 3.05) is 0 Å². The molecule has 1 aromatic rings. The van der Waals surface area contributed by atoms with Crippen LogP contribution in [0.15, 0.2) is 29.2 Å². The molecule has 0 fully saturated rings. The zero-order valence-electron chi connectivity index (χ0n) is 8.40. The van der Waals surface area contributed by atoms with Crippen LogP contribution in [0.25, 0.3) is 0 Å². The van der Waals surface area contributed by atoms with E-state index in [-0.39, 0.29) is 27.9 Å². The van der Waals surface area contributed by atoms with Gasteiger partial charge in [0.15, 0.2) is 0 Å². The smallest absolute Gasteiger partial charge is 0.346 e. The van der Waals surface area contributed by atoms with Gasteiger partial charge < -0.3 is 6.92 Å². The van der Waals surface area contributed by atoms with Crippen molar-refractivity contribution in [2.45, 2.75) is 18.7 Å². The quantitative estimate of drug-likeness (QED) is 0.450. The summed E-state index contributed by atoms with van der Waals surface area (Å²) in [6.45, 7) is 6.84. The van der Waals surface area contributed by atoms with Gasteiger partial charge in [0.05, 0.1) is 4.90 Å². The number of hydrogen-bond acceptors (Lipinski definition) is 2. The molecule has 0 unspecified atom stereocenters. The molecule has 0 aliphatic carbocycles. The molecule has 0 heterocycles. The largest absolute Gasteiger partial charge is 2.00 e. The van der Waals surface area contributed by atoms with Crippen molar-refractivity contribution >= 4 is 33.2 Å². The first-order valence-corrected chi connectivity index (χ1v) is 5.19. The van der Waals surface area contributed by atoms with Crippen molar-refractivity contribution in [1.82, 2.24) is 0 Å². The van der Waals surface area contributed by atoms with Crippen molar-refractivity contribution in [3.8, 4) is 0 Å². The van der Waals surface area contributed by atoms with Crippen LogP contribution in [0.3, 0.4) is 0 Å². The predicted molar refractivity (Wildman–Crippen MR) is 57.8 cm³/mol. The van der Waals surface area contributed by atoms with Crippen LogP contribution in [-0.2, 0) is 10.1 Å². The van der Waals surface area contributed by atoms with Crippen molar-refractivity contribution < 1.29 is 13.0 Å². The van der Waals surface area contributed by atoms with Crippen molar-refractivity contribution in [3.63, 3.8) is 0 Å². The molecule has 1 aromatic carbocycles. The average molecular weight is 226 g/mol. The fourth-order valence-electron chi connectivity index (χ4n) is 0.710. The molecule has 0 aliphatic heterocycles. The van der Waals surface area contributed by atoms with Gasteiger partial charge in [0, 0.05) is 0 Å². The number of benzene rings is 1. The van der Waals surface area contributed by atoms with Gasteiger partial charge in [0.2, 0.25) is 0 Å². The third kappa shape index (κ3) is 5.59. The van der Waals surface area contributed by atoms with Crippen LogP contribution >= 0.6 is 0 Å². The summed E-state index contributed by atoms with van der Waals surface area (Å²) in [5, 5.41) is 0. The maximum atomic E-state index is 10.5. The number of rotatable bonds is 1. The van der Waals surface area contributed by atoms with E-state index in [1.807, 2.05) is 6.92 Å². The van der Waals surface area contributed by atoms with Crippen molar-refractivity contribution in [3.05, 3.63) is 36.8 Å². The van der Waals surface area contributed by atoms with Crippen molar-refractivity contribution in [1.29, 1.82) is 0 Å². The minimum atomic E-state index is -4.02. The molecule has 1 rings (SSSR count). The van der Waals surface area contributed by atoms with E-state index in [4.69, 9.17) is 4.55 Å². The molecule has 5 heteroatoms. The Bertz CT molecular complexity index is 343. The second-order valence-corrected chi connectivity index (χ2v) is 3.71. The molecular weight excluding hydrogens is 212 g/mol. The average Bonchev–Trinajstić information content (AvgIpc) is 2.07. The van der Waals surface area contributed by atoms with Gasteiger partial charge in [0.1, 0.15) is 0 Å². The first-order valence-electron chi connectivity index (χ1n) is 3.75. The maximum Gasteiger partial charge on any atom is 2.00 e.